The van der Waals surface area contributed by atoms with E-state index in [1.807, 2.05) is 20.8 Å². The van der Waals surface area contributed by atoms with Crippen molar-refractivity contribution in [1.82, 2.24) is 25.5 Å². The number of aryl methyl sites for hydroxylation is 1. The fraction of sp³-hybridized carbons (Fsp3) is 0.750. The summed E-state index contributed by atoms with van der Waals surface area (Å²) in [4.78, 5) is 11.5. The Bertz CT molecular complexity index is 388. The van der Waals surface area contributed by atoms with Crippen LogP contribution in [0.4, 0.5) is 0 Å². The van der Waals surface area contributed by atoms with Gasteiger partial charge in [0.15, 0.2) is 0 Å². The molecule has 7 heteroatoms. The molecule has 0 unspecified atom stereocenters. The molecule has 0 fully saturated rings. The number of tetrazole rings is 1. The third kappa shape index (κ3) is 4.20. The average molecular weight is 229 g/mol. The highest BCUT2D eigenvalue weighted by Crippen LogP contribution is 1.99. The van der Waals surface area contributed by atoms with Crippen molar-refractivity contribution in [3.63, 3.8) is 0 Å². The maximum Gasteiger partial charge on any atom is 0.238 e. The van der Waals surface area contributed by atoms with Gasteiger partial charge in [-0.1, -0.05) is 10.3 Å². The topological polar surface area (TPSA) is 75.6 Å². The van der Waals surface area contributed by atoms with Gasteiger partial charge in [0.05, 0.1) is 6.54 Å². The maximum absolute atomic E-state index is 11.5. The summed E-state index contributed by atoms with van der Waals surface area (Å²) >= 11 is 4.87. The fourth-order valence-electron chi connectivity index (χ4n) is 1.06. The highest BCUT2D eigenvalue weighted by Gasteiger charge is 2.13. The molecule has 1 rings (SSSR count). The van der Waals surface area contributed by atoms with Gasteiger partial charge in [-0.25, -0.2) is 4.68 Å². The molecule has 0 bridgehead atoms. The number of hydrogen-bond donors (Lipinski definition) is 2. The van der Waals surface area contributed by atoms with E-state index in [0.717, 1.165) is 0 Å². The lowest BCUT2D eigenvalue weighted by Crippen LogP contribution is -2.40. The molecule has 0 aliphatic heterocycles. The minimum Gasteiger partial charge on any atom is -0.351 e. The molecule has 0 aliphatic carbocycles. The van der Waals surface area contributed by atoms with Crippen molar-refractivity contribution >= 4 is 18.1 Å². The Morgan fingerprint density at radius 2 is 2.27 bits per heavy atom. The largest absolute Gasteiger partial charge is 0.351 e. The maximum atomic E-state index is 11.5. The van der Waals surface area contributed by atoms with Gasteiger partial charge < -0.3 is 5.32 Å². The number of amides is 1. The van der Waals surface area contributed by atoms with Gasteiger partial charge in [-0.3, -0.25) is 4.79 Å². The molecule has 1 amide bonds. The van der Waals surface area contributed by atoms with E-state index in [1.165, 1.54) is 0 Å². The third-order valence-corrected chi connectivity index (χ3v) is 1.91. The van der Waals surface area contributed by atoms with Gasteiger partial charge in [-0.2, -0.15) is 5.21 Å². The molecule has 0 saturated carbocycles. The van der Waals surface area contributed by atoms with Crippen molar-refractivity contribution in [2.75, 3.05) is 0 Å². The molecule has 0 radical (unpaired) electrons. The van der Waals surface area contributed by atoms with E-state index in [9.17, 15) is 4.79 Å². The van der Waals surface area contributed by atoms with Crippen LogP contribution in [0.15, 0.2) is 0 Å². The first kappa shape index (κ1) is 11.8. The molecule has 0 atom stereocenters. The lowest BCUT2D eigenvalue weighted by Gasteiger charge is -2.20. The summed E-state index contributed by atoms with van der Waals surface area (Å²) in [5.41, 5.74) is -0.204. The molecule has 0 aliphatic rings. The second-order valence-electron chi connectivity index (χ2n) is 4.28. The lowest BCUT2D eigenvalue weighted by molar-refractivity contribution is -0.122. The zero-order chi connectivity index (χ0) is 11.5. The molecule has 84 valence electrons. The SMILES string of the molecule is CC(C)(C)NC(=O)CCn1[nH]nnc1=S. The molecular weight excluding hydrogens is 214 g/mol. The molecular formula is C8H15N5OS. The number of H-pyrrole nitrogens is 1. The summed E-state index contributed by atoms with van der Waals surface area (Å²) in [6.07, 6.45) is 0.357. The van der Waals surface area contributed by atoms with Crippen LogP contribution in [-0.2, 0) is 11.3 Å². The smallest absolute Gasteiger partial charge is 0.238 e. The summed E-state index contributed by atoms with van der Waals surface area (Å²) in [5, 5.41) is 12.6. The van der Waals surface area contributed by atoms with Gasteiger partial charge >= 0.3 is 0 Å². The molecule has 15 heavy (non-hydrogen) atoms. The second kappa shape index (κ2) is 4.52. The Morgan fingerprint density at radius 1 is 1.60 bits per heavy atom. The predicted octanol–water partition coefficient (Wildman–Crippen LogP) is 0.640. The monoisotopic (exact) mass is 229 g/mol. The molecule has 1 aromatic rings. The van der Waals surface area contributed by atoms with Crippen LogP contribution in [0.3, 0.4) is 0 Å². The number of carbonyl (C=O) groups excluding carboxylic acids is 1. The number of aromatic amines is 1. The van der Waals surface area contributed by atoms with Crippen molar-refractivity contribution in [1.29, 1.82) is 0 Å². The minimum absolute atomic E-state index is 0.0148. The van der Waals surface area contributed by atoms with Gasteiger partial charge in [0.25, 0.3) is 0 Å². The fourth-order valence-corrected chi connectivity index (χ4v) is 1.23. The van der Waals surface area contributed by atoms with Crippen LogP contribution in [0.25, 0.3) is 0 Å². The summed E-state index contributed by atoms with van der Waals surface area (Å²) in [6, 6.07) is 0. The van der Waals surface area contributed by atoms with E-state index in [0.29, 0.717) is 17.7 Å². The van der Waals surface area contributed by atoms with E-state index in [-0.39, 0.29) is 11.4 Å². The number of carbonyl (C=O) groups is 1. The van der Waals surface area contributed by atoms with E-state index in [2.05, 4.69) is 20.8 Å². The number of rotatable bonds is 3. The minimum atomic E-state index is -0.204. The van der Waals surface area contributed by atoms with Gasteiger partial charge in [-0.15, -0.1) is 0 Å². The number of hydrogen-bond acceptors (Lipinski definition) is 4. The van der Waals surface area contributed by atoms with Crippen molar-refractivity contribution < 1.29 is 4.79 Å². The first-order chi connectivity index (χ1) is 6.88. The normalized spacial score (nSPS) is 11.4. The number of nitrogens with zero attached hydrogens (tertiary/aromatic N) is 3. The Labute approximate surface area is 93.0 Å². The zero-order valence-corrected chi connectivity index (χ0v) is 9.89. The molecule has 6 nitrogen and oxygen atoms in total. The first-order valence-corrected chi connectivity index (χ1v) is 5.08. The van der Waals surface area contributed by atoms with E-state index >= 15 is 0 Å². The van der Waals surface area contributed by atoms with Crippen molar-refractivity contribution in [2.45, 2.75) is 39.3 Å². The highest BCUT2D eigenvalue weighted by atomic mass is 32.1. The van der Waals surface area contributed by atoms with Crippen molar-refractivity contribution in [2.24, 2.45) is 0 Å². The van der Waals surface area contributed by atoms with Crippen LogP contribution in [0, 0.1) is 4.77 Å². The molecule has 1 aromatic heterocycles. The molecule has 1 heterocycles. The van der Waals surface area contributed by atoms with E-state index in [1.54, 1.807) is 4.68 Å². The third-order valence-electron chi connectivity index (χ3n) is 1.61. The summed E-state index contributed by atoms with van der Waals surface area (Å²) in [5.74, 6) is -0.0148. The summed E-state index contributed by atoms with van der Waals surface area (Å²) < 4.78 is 1.91. The van der Waals surface area contributed by atoms with E-state index in [4.69, 9.17) is 12.2 Å². The van der Waals surface area contributed by atoms with Crippen molar-refractivity contribution in [3.05, 3.63) is 4.77 Å². The lowest BCUT2D eigenvalue weighted by atomic mass is 10.1. The van der Waals surface area contributed by atoms with Crippen LogP contribution >= 0.6 is 12.2 Å². The summed E-state index contributed by atoms with van der Waals surface area (Å²) in [6.45, 7) is 6.28. The Balaban J connectivity index is 2.42. The van der Waals surface area contributed by atoms with Crippen LogP contribution in [0.1, 0.15) is 27.2 Å². The zero-order valence-electron chi connectivity index (χ0n) is 9.07. The summed E-state index contributed by atoms with van der Waals surface area (Å²) in [7, 11) is 0. The standard InChI is InChI=1S/C8H15N5OS/c1-8(2,3)9-6(14)4-5-13-7(15)10-11-12-13/h4-5H2,1-3H3,(H,9,14)(H,10,12,15). The van der Waals surface area contributed by atoms with Gasteiger partial charge in [0.2, 0.25) is 10.7 Å². The highest BCUT2D eigenvalue weighted by molar-refractivity contribution is 7.71. The second-order valence-corrected chi connectivity index (χ2v) is 4.65. The molecule has 0 saturated heterocycles. The quantitative estimate of drug-likeness (QED) is 0.746. The first-order valence-electron chi connectivity index (χ1n) is 4.67. The Kier molecular flexibility index (Phi) is 3.57. The number of nitrogens with one attached hydrogen (secondary N) is 2. The Morgan fingerprint density at radius 3 is 2.73 bits per heavy atom. The van der Waals surface area contributed by atoms with Crippen LogP contribution in [0.2, 0.25) is 0 Å². The van der Waals surface area contributed by atoms with Crippen LogP contribution in [-0.4, -0.2) is 31.7 Å². The average Bonchev–Trinajstić information content (AvgIpc) is 2.44. The van der Waals surface area contributed by atoms with Gasteiger partial charge in [0.1, 0.15) is 0 Å². The van der Waals surface area contributed by atoms with Crippen LogP contribution < -0.4 is 5.32 Å². The Hall–Kier alpha value is -1.24. The molecule has 0 aromatic carbocycles. The van der Waals surface area contributed by atoms with Gasteiger partial charge in [0, 0.05) is 12.0 Å². The molecule has 2 N–H and O–H groups in total. The van der Waals surface area contributed by atoms with Crippen LogP contribution in [0.5, 0.6) is 0 Å². The number of aromatic nitrogens is 4. The van der Waals surface area contributed by atoms with E-state index < -0.39 is 0 Å². The molecule has 0 spiro atoms. The van der Waals surface area contributed by atoms with Crippen molar-refractivity contribution in [3.8, 4) is 0 Å². The van der Waals surface area contributed by atoms with Gasteiger partial charge in [-0.05, 0) is 33.0 Å². The predicted molar refractivity (Wildman–Crippen MR) is 57.7 cm³/mol.